The minimum atomic E-state index is 0.816. The molecule has 76 valence electrons. The Balaban J connectivity index is 1.93. The van der Waals surface area contributed by atoms with Crippen molar-refractivity contribution in [2.24, 2.45) is 4.99 Å². The second-order valence-corrected chi connectivity index (χ2v) is 3.74. The van der Waals surface area contributed by atoms with E-state index in [1.54, 1.807) is 0 Å². The summed E-state index contributed by atoms with van der Waals surface area (Å²) in [5.41, 5.74) is 0. The molecule has 0 N–H and O–H groups in total. The van der Waals surface area contributed by atoms with Gasteiger partial charge in [-0.05, 0) is 0 Å². The van der Waals surface area contributed by atoms with Crippen LogP contribution in [-0.2, 0) is 6.54 Å². The topological polar surface area (TPSA) is 28.7 Å². The fourth-order valence-corrected chi connectivity index (χ4v) is 1.90. The van der Waals surface area contributed by atoms with Gasteiger partial charge in [0, 0.05) is 17.3 Å². The Hall–Kier alpha value is -1.77. The Labute approximate surface area is 88.0 Å². The molecule has 0 spiro atoms. The van der Waals surface area contributed by atoms with Crippen LogP contribution in [0, 0.1) is 0 Å². The molecule has 0 radical (unpaired) electrons. The van der Waals surface area contributed by atoms with Gasteiger partial charge in [-0.3, -0.25) is 4.99 Å². The monoisotopic (exact) mass is 200 g/mol. The minimum Gasteiger partial charge on any atom is -0.466 e. The number of hydrogen-bond acceptors (Lipinski definition) is 3. The van der Waals surface area contributed by atoms with E-state index in [1.165, 1.54) is 10.8 Å². The summed E-state index contributed by atoms with van der Waals surface area (Å²) in [6.07, 6.45) is 3.72. The highest BCUT2D eigenvalue weighted by atomic mass is 16.3. The van der Waals surface area contributed by atoms with Gasteiger partial charge in [-0.25, -0.2) is 0 Å². The standard InChI is InChI=1S/C12H12N2O/c1-2-4-11-10(3-1)8-15-12(11)7-14-6-5-13-9-14/h1-4,8-9H,5-7H2. The van der Waals surface area contributed by atoms with E-state index < -0.39 is 0 Å². The predicted octanol–water partition coefficient (Wildman–Crippen LogP) is 2.28. The Morgan fingerprint density at radius 2 is 2.27 bits per heavy atom. The summed E-state index contributed by atoms with van der Waals surface area (Å²) < 4.78 is 5.57. The predicted molar refractivity (Wildman–Crippen MR) is 60.0 cm³/mol. The van der Waals surface area contributed by atoms with E-state index in [1.807, 2.05) is 24.7 Å². The maximum atomic E-state index is 5.57. The van der Waals surface area contributed by atoms with Crippen molar-refractivity contribution in [3.63, 3.8) is 0 Å². The fourth-order valence-electron chi connectivity index (χ4n) is 1.90. The third-order valence-corrected chi connectivity index (χ3v) is 2.70. The van der Waals surface area contributed by atoms with Crippen molar-refractivity contribution in [3.05, 3.63) is 36.3 Å². The molecule has 2 heterocycles. The van der Waals surface area contributed by atoms with Crippen molar-refractivity contribution in [1.82, 2.24) is 4.90 Å². The highest BCUT2D eigenvalue weighted by Crippen LogP contribution is 2.21. The van der Waals surface area contributed by atoms with E-state index in [9.17, 15) is 0 Å². The molecule has 0 fully saturated rings. The average molecular weight is 200 g/mol. The lowest BCUT2D eigenvalue weighted by molar-refractivity contribution is 0.395. The van der Waals surface area contributed by atoms with Gasteiger partial charge in [-0.2, -0.15) is 0 Å². The van der Waals surface area contributed by atoms with Gasteiger partial charge >= 0.3 is 0 Å². The van der Waals surface area contributed by atoms with Gasteiger partial charge in [0.05, 0.1) is 25.7 Å². The quantitative estimate of drug-likeness (QED) is 0.744. The number of furan rings is 1. The van der Waals surface area contributed by atoms with Crippen molar-refractivity contribution in [2.45, 2.75) is 6.54 Å². The number of hydrogen-bond donors (Lipinski definition) is 0. The maximum Gasteiger partial charge on any atom is 0.130 e. The first-order chi connectivity index (χ1) is 7.43. The van der Waals surface area contributed by atoms with Crippen LogP contribution < -0.4 is 0 Å². The van der Waals surface area contributed by atoms with Crippen LogP contribution in [0.4, 0.5) is 0 Å². The Kier molecular flexibility index (Phi) is 1.95. The summed E-state index contributed by atoms with van der Waals surface area (Å²) in [5, 5.41) is 2.38. The SMILES string of the molecule is C1=NCCN1Cc1occ2ccccc12. The lowest BCUT2D eigenvalue weighted by atomic mass is 10.2. The van der Waals surface area contributed by atoms with Crippen LogP contribution in [0.1, 0.15) is 5.76 Å². The van der Waals surface area contributed by atoms with Crippen LogP contribution >= 0.6 is 0 Å². The number of fused-ring (bicyclic) bond motifs is 1. The summed E-state index contributed by atoms with van der Waals surface area (Å²) >= 11 is 0. The van der Waals surface area contributed by atoms with Crippen LogP contribution in [-0.4, -0.2) is 24.3 Å². The molecule has 3 heteroatoms. The fraction of sp³-hybridized carbons (Fsp3) is 0.250. The molecule has 0 unspecified atom stereocenters. The molecule has 1 aromatic carbocycles. The van der Waals surface area contributed by atoms with Crippen molar-refractivity contribution in [3.8, 4) is 0 Å². The minimum absolute atomic E-state index is 0.816. The van der Waals surface area contributed by atoms with Crippen molar-refractivity contribution in [1.29, 1.82) is 0 Å². The smallest absolute Gasteiger partial charge is 0.130 e. The van der Waals surface area contributed by atoms with E-state index in [2.05, 4.69) is 22.0 Å². The summed E-state index contributed by atoms with van der Waals surface area (Å²) in [7, 11) is 0. The van der Waals surface area contributed by atoms with Gasteiger partial charge in [-0.1, -0.05) is 24.3 Å². The molecule has 0 amide bonds. The highest BCUT2D eigenvalue weighted by Gasteiger charge is 2.11. The zero-order valence-corrected chi connectivity index (χ0v) is 8.39. The van der Waals surface area contributed by atoms with Gasteiger partial charge < -0.3 is 9.32 Å². The van der Waals surface area contributed by atoms with Gasteiger partial charge in [0.15, 0.2) is 0 Å². The largest absolute Gasteiger partial charge is 0.466 e. The lowest BCUT2D eigenvalue weighted by Gasteiger charge is -2.11. The van der Waals surface area contributed by atoms with E-state index >= 15 is 0 Å². The normalized spacial score (nSPS) is 15.3. The number of aliphatic imine (C=N–C) groups is 1. The van der Waals surface area contributed by atoms with Crippen LogP contribution in [0.15, 0.2) is 39.9 Å². The summed E-state index contributed by atoms with van der Waals surface area (Å²) in [6, 6.07) is 8.24. The zero-order valence-electron chi connectivity index (χ0n) is 8.39. The molecule has 0 saturated carbocycles. The Morgan fingerprint density at radius 1 is 1.33 bits per heavy atom. The molecule has 1 aliphatic heterocycles. The van der Waals surface area contributed by atoms with E-state index in [0.717, 1.165) is 25.4 Å². The molecule has 0 bridgehead atoms. The van der Waals surface area contributed by atoms with Crippen LogP contribution in [0.3, 0.4) is 0 Å². The van der Waals surface area contributed by atoms with E-state index in [0.29, 0.717) is 0 Å². The van der Waals surface area contributed by atoms with Crippen LogP contribution in [0.5, 0.6) is 0 Å². The van der Waals surface area contributed by atoms with Crippen molar-refractivity contribution >= 4 is 17.1 Å². The molecule has 1 aromatic heterocycles. The molecular weight excluding hydrogens is 188 g/mol. The molecule has 0 saturated heterocycles. The second kappa shape index (κ2) is 3.42. The van der Waals surface area contributed by atoms with Gasteiger partial charge in [0.25, 0.3) is 0 Å². The first kappa shape index (κ1) is 8.53. The van der Waals surface area contributed by atoms with Crippen LogP contribution in [0.25, 0.3) is 10.8 Å². The molecule has 0 atom stereocenters. The second-order valence-electron chi connectivity index (χ2n) is 3.74. The van der Waals surface area contributed by atoms with Gasteiger partial charge in [0.1, 0.15) is 5.76 Å². The van der Waals surface area contributed by atoms with E-state index in [4.69, 9.17) is 4.42 Å². The summed E-state index contributed by atoms with van der Waals surface area (Å²) in [5.74, 6) is 1.03. The molecule has 2 aromatic rings. The van der Waals surface area contributed by atoms with Crippen molar-refractivity contribution < 1.29 is 4.42 Å². The molecule has 0 aliphatic carbocycles. The van der Waals surface area contributed by atoms with Gasteiger partial charge in [-0.15, -0.1) is 0 Å². The van der Waals surface area contributed by atoms with Gasteiger partial charge in [0.2, 0.25) is 0 Å². The average Bonchev–Trinajstić information content (AvgIpc) is 2.89. The number of rotatable bonds is 2. The van der Waals surface area contributed by atoms with Crippen molar-refractivity contribution in [2.75, 3.05) is 13.1 Å². The number of benzene rings is 1. The molecule has 3 nitrogen and oxygen atoms in total. The summed E-state index contributed by atoms with van der Waals surface area (Å²) in [6.45, 7) is 2.71. The third kappa shape index (κ3) is 1.50. The Morgan fingerprint density at radius 3 is 3.13 bits per heavy atom. The first-order valence-electron chi connectivity index (χ1n) is 5.12. The maximum absolute atomic E-state index is 5.57. The molecule has 1 aliphatic rings. The molecule has 15 heavy (non-hydrogen) atoms. The van der Waals surface area contributed by atoms with E-state index in [-0.39, 0.29) is 0 Å². The first-order valence-corrected chi connectivity index (χ1v) is 5.12. The van der Waals surface area contributed by atoms with Crippen LogP contribution in [0.2, 0.25) is 0 Å². The zero-order chi connectivity index (χ0) is 10.1. The molecule has 3 rings (SSSR count). The highest BCUT2D eigenvalue weighted by molar-refractivity contribution is 5.84. The third-order valence-electron chi connectivity index (χ3n) is 2.70. The summed E-state index contributed by atoms with van der Waals surface area (Å²) in [4.78, 5) is 6.36. The molecular formula is C12H12N2O. The lowest BCUT2D eigenvalue weighted by Crippen LogP contribution is -2.18. The number of nitrogens with zero attached hydrogens (tertiary/aromatic N) is 2. The Bertz CT molecular complexity index is 501.